The van der Waals surface area contributed by atoms with Gasteiger partial charge in [0.1, 0.15) is 0 Å². The number of nitro benzene ring substituents is 1. The number of nitro groups is 1. The maximum Gasteiger partial charge on any atom is 0.311 e. The maximum absolute atomic E-state index is 11.8. The van der Waals surface area contributed by atoms with Crippen molar-refractivity contribution in [1.82, 2.24) is 5.43 Å². The molecule has 7 heteroatoms. The molecule has 0 saturated carbocycles. The predicted octanol–water partition coefficient (Wildman–Crippen LogP) is 2.37. The summed E-state index contributed by atoms with van der Waals surface area (Å²) in [7, 11) is 0. The molecule has 0 aliphatic heterocycles. The van der Waals surface area contributed by atoms with E-state index in [-0.39, 0.29) is 5.56 Å². The SMILES string of the molecule is Cc1ccc(C(=O)N/N=C\c2cccc([N+](=O)[O-])c2O)cc1. The highest BCUT2D eigenvalue weighted by Gasteiger charge is 2.15. The number of hydrazone groups is 1. The Kier molecular flexibility index (Phi) is 4.47. The van der Waals surface area contributed by atoms with Crippen LogP contribution in [0.5, 0.6) is 5.75 Å². The van der Waals surface area contributed by atoms with Crippen molar-refractivity contribution >= 4 is 17.8 Å². The summed E-state index contributed by atoms with van der Waals surface area (Å²) in [6.07, 6.45) is 1.15. The van der Waals surface area contributed by atoms with E-state index >= 15 is 0 Å². The molecule has 0 aliphatic carbocycles. The molecular weight excluding hydrogens is 286 g/mol. The standard InChI is InChI=1S/C15H13N3O4/c1-10-5-7-11(8-6-10)15(20)17-16-9-12-3-2-4-13(14(12)19)18(21)22/h2-9,19H,1H3,(H,17,20)/b16-9-. The molecule has 2 rings (SSSR count). The monoisotopic (exact) mass is 299 g/mol. The van der Waals surface area contributed by atoms with Crippen molar-refractivity contribution < 1.29 is 14.8 Å². The molecule has 0 aliphatic rings. The van der Waals surface area contributed by atoms with Crippen molar-refractivity contribution in [2.75, 3.05) is 0 Å². The van der Waals surface area contributed by atoms with Crippen LogP contribution in [-0.4, -0.2) is 22.2 Å². The zero-order chi connectivity index (χ0) is 16.1. The number of carbonyl (C=O) groups is 1. The van der Waals surface area contributed by atoms with Gasteiger partial charge in [-0.05, 0) is 25.1 Å². The van der Waals surface area contributed by atoms with Crippen molar-refractivity contribution in [2.45, 2.75) is 6.92 Å². The quantitative estimate of drug-likeness (QED) is 0.513. The lowest BCUT2D eigenvalue weighted by Crippen LogP contribution is -2.17. The summed E-state index contributed by atoms with van der Waals surface area (Å²) >= 11 is 0. The maximum atomic E-state index is 11.8. The fourth-order valence-corrected chi connectivity index (χ4v) is 1.73. The van der Waals surface area contributed by atoms with E-state index in [0.29, 0.717) is 5.56 Å². The first kappa shape index (κ1) is 15.2. The van der Waals surface area contributed by atoms with Crippen LogP contribution in [0.2, 0.25) is 0 Å². The van der Waals surface area contributed by atoms with Gasteiger partial charge in [0.25, 0.3) is 5.91 Å². The van der Waals surface area contributed by atoms with Crippen molar-refractivity contribution in [3.05, 3.63) is 69.3 Å². The van der Waals surface area contributed by atoms with Crippen LogP contribution in [0.4, 0.5) is 5.69 Å². The van der Waals surface area contributed by atoms with Gasteiger partial charge in [0.15, 0.2) is 0 Å². The zero-order valence-electron chi connectivity index (χ0n) is 11.7. The molecule has 0 atom stereocenters. The van der Waals surface area contributed by atoms with E-state index in [1.54, 1.807) is 24.3 Å². The Bertz CT molecular complexity index is 739. The molecule has 112 valence electrons. The number of hydrogen-bond donors (Lipinski definition) is 2. The Morgan fingerprint density at radius 1 is 1.27 bits per heavy atom. The normalized spacial score (nSPS) is 10.6. The summed E-state index contributed by atoms with van der Waals surface area (Å²) in [5.41, 5.74) is 3.47. The van der Waals surface area contributed by atoms with Crippen LogP contribution in [0.25, 0.3) is 0 Å². The van der Waals surface area contributed by atoms with Gasteiger partial charge < -0.3 is 5.11 Å². The first-order valence-corrected chi connectivity index (χ1v) is 6.35. The minimum atomic E-state index is -0.697. The number of para-hydroxylation sites is 1. The Labute approximate surface area is 126 Å². The highest BCUT2D eigenvalue weighted by atomic mass is 16.6. The van der Waals surface area contributed by atoms with Crippen LogP contribution in [-0.2, 0) is 0 Å². The number of aromatic hydroxyl groups is 1. The van der Waals surface area contributed by atoms with Gasteiger partial charge >= 0.3 is 5.69 Å². The van der Waals surface area contributed by atoms with Crippen LogP contribution < -0.4 is 5.43 Å². The largest absolute Gasteiger partial charge is 0.502 e. The Hall–Kier alpha value is -3.22. The first-order chi connectivity index (χ1) is 10.5. The Morgan fingerprint density at radius 3 is 2.59 bits per heavy atom. The predicted molar refractivity (Wildman–Crippen MR) is 81.0 cm³/mol. The van der Waals surface area contributed by atoms with Crippen molar-refractivity contribution in [3.63, 3.8) is 0 Å². The van der Waals surface area contributed by atoms with Gasteiger partial charge in [0.05, 0.1) is 11.1 Å². The average Bonchev–Trinajstić information content (AvgIpc) is 2.49. The minimum Gasteiger partial charge on any atom is -0.502 e. The highest BCUT2D eigenvalue weighted by molar-refractivity contribution is 5.95. The Balaban J connectivity index is 2.10. The fourth-order valence-electron chi connectivity index (χ4n) is 1.73. The smallest absolute Gasteiger partial charge is 0.311 e. The molecule has 0 heterocycles. The molecule has 1 amide bonds. The van der Waals surface area contributed by atoms with E-state index in [2.05, 4.69) is 10.5 Å². The second kappa shape index (κ2) is 6.49. The molecule has 22 heavy (non-hydrogen) atoms. The third-order valence-corrected chi connectivity index (χ3v) is 2.93. The van der Waals surface area contributed by atoms with Crippen molar-refractivity contribution in [2.24, 2.45) is 5.10 Å². The van der Waals surface area contributed by atoms with Gasteiger partial charge in [-0.1, -0.05) is 23.8 Å². The van der Waals surface area contributed by atoms with E-state index in [1.807, 2.05) is 6.92 Å². The summed E-state index contributed by atoms with van der Waals surface area (Å²) in [4.78, 5) is 21.8. The van der Waals surface area contributed by atoms with Gasteiger partial charge in [-0.25, -0.2) is 5.43 Å². The second-order valence-corrected chi connectivity index (χ2v) is 4.54. The third-order valence-electron chi connectivity index (χ3n) is 2.93. The summed E-state index contributed by atoms with van der Waals surface area (Å²) in [6.45, 7) is 1.91. The van der Waals surface area contributed by atoms with Crippen LogP contribution in [0, 0.1) is 17.0 Å². The van der Waals surface area contributed by atoms with E-state index in [9.17, 15) is 20.0 Å². The summed E-state index contributed by atoms with van der Waals surface area (Å²) < 4.78 is 0. The first-order valence-electron chi connectivity index (χ1n) is 6.35. The van der Waals surface area contributed by atoms with E-state index < -0.39 is 22.3 Å². The van der Waals surface area contributed by atoms with Gasteiger partial charge in [-0.2, -0.15) is 5.10 Å². The molecule has 0 unspecified atom stereocenters. The number of benzene rings is 2. The molecular formula is C15H13N3O4. The minimum absolute atomic E-state index is 0.137. The number of nitrogens with zero attached hydrogens (tertiary/aromatic N) is 2. The lowest BCUT2D eigenvalue weighted by atomic mass is 10.1. The van der Waals surface area contributed by atoms with E-state index in [1.165, 1.54) is 18.2 Å². The second-order valence-electron chi connectivity index (χ2n) is 4.54. The molecule has 0 bridgehead atoms. The third kappa shape index (κ3) is 3.45. The molecule has 0 fully saturated rings. The van der Waals surface area contributed by atoms with Crippen molar-refractivity contribution in [3.8, 4) is 5.75 Å². The number of hydrogen-bond acceptors (Lipinski definition) is 5. The van der Waals surface area contributed by atoms with Crippen LogP contribution in [0.3, 0.4) is 0 Å². The molecule has 2 N–H and O–H groups in total. The summed E-state index contributed by atoms with van der Waals surface area (Å²) in [5, 5.41) is 24.1. The van der Waals surface area contributed by atoms with Gasteiger partial charge in [0.2, 0.25) is 5.75 Å². The van der Waals surface area contributed by atoms with Gasteiger partial charge in [-0.15, -0.1) is 0 Å². The molecule has 0 saturated heterocycles. The Morgan fingerprint density at radius 2 is 1.95 bits per heavy atom. The fraction of sp³-hybridized carbons (Fsp3) is 0.0667. The van der Waals surface area contributed by atoms with Crippen molar-refractivity contribution in [1.29, 1.82) is 0 Å². The van der Waals surface area contributed by atoms with Gasteiger partial charge in [-0.3, -0.25) is 14.9 Å². The number of phenolic OH excluding ortho intramolecular Hbond substituents is 1. The number of carbonyl (C=O) groups excluding carboxylic acids is 1. The number of amides is 1. The lowest BCUT2D eigenvalue weighted by molar-refractivity contribution is -0.385. The lowest BCUT2D eigenvalue weighted by Gasteiger charge is -2.01. The van der Waals surface area contributed by atoms with Gasteiger partial charge in [0, 0.05) is 17.2 Å². The number of nitrogens with one attached hydrogen (secondary N) is 1. The van der Waals surface area contributed by atoms with Crippen LogP contribution in [0.1, 0.15) is 21.5 Å². The highest BCUT2D eigenvalue weighted by Crippen LogP contribution is 2.27. The molecule has 2 aromatic rings. The topological polar surface area (TPSA) is 105 Å². The average molecular weight is 299 g/mol. The van der Waals surface area contributed by atoms with Crippen LogP contribution in [0.15, 0.2) is 47.6 Å². The number of rotatable bonds is 4. The van der Waals surface area contributed by atoms with E-state index in [0.717, 1.165) is 11.8 Å². The molecule has 7 nitrogen and oxygen atoms in total. The molecule has 2 aromatic carbocycles. The van der Waals surface area contributed by atoms with Crippen LogP contribution >= 0.6 is 0 Å². The number of phenols is 1. The molecule has 0 spiro atoms. The van der Waals surface area contributed by atoms with E-state index in [4.69, 9.17) is 0 Å². The molecule has 0 aromatic heterocycles. The molecule has 0 radical (unpaired) electrons. The number of aryl methyl sites for hydroxylation is 1. The zero-order valence-corrected chi connectivity index (χ0v) is 11.7. The summed E-state index contributed by atoms with van der Waals surface area (Å²) in [5.74, 6) is -0.915. The summed E-state index contributed by atoms with van der Waals surface area (Å²) in [6, 6.07) is 11.0.